The number of rotatable bonds is 7. The molecule has 1 saturated heterocycles. The summed E-state index contributed by atoms with van der Waals surface area (Å²) in [5, 5.41) is 10.7. The van der Waals surface area contributed by atoms with Gasteiger partial charge in [0.15, 0.2) is 0 Å². The number of imide groups is 2. The molecule has 12 nitrogen and oxygen atoms in total. The van der Waals surface area contributed by atoms with E-state index in [0.717, 1.165) is 70.8 Å². The summed E-state index contributed by atoms with van der Waals surface area (Å²) in [6.07, 6.45) is 10.1. The number of amides is 4. The molecule has 1 atom stereocenters. The first kappa shape index (κ1) is 24.9. The van der Waals surface area contributed by atoms with Gasteiger partial charge in [-0.2, -0.15) is 5.10 Å². The van der Waals surface area contributed by atoms with Crippen molar-refractivity contribution in [2.24, 2.45) is 5.92 Å². The highest BCUT2D eigenvalue weighted by molar-refractivity contribution is 6.23. The van der Waals surface area contributed by atoms with Crippen molar-refractivity contribution in [3.05, 3.63) is 59.8 Å². The second-order valence-corrected chi connectivity index (χ2v) is 11.8. The highest BCUT2D eigenvalue weighted by Crippen LogP contribution is 2.45. The normalized spacial score (nSPS) is 23.7. The van der Waals surface area contributed by atoms with Gasteiger partial charge in [-0.1, -0.05) is 0 Å². The Balaban J connectivity index is 0.921. The number of imidazole rings is 1. The maximum atomic E-state index is 13.1. The molecule has 0 bridgehead atoms. The molecule has 2 aliphatic heterocycles. The molecule has 3 aromatic heterocycles. The lowest BCUT2D eigenvalue weighted by atomic mass is 9.80. The number of pyridine rings is 1. The number of hydrogen-bond acceptors (Lipinski definition) is 8. The van der Waals surface area contributed by atoms with E-state index in [1.165, 1.54) is 0 Å². The summed E-state index contributed by atoms with van der Waals surface area (Å²) in [6.45, 7) is 0.732. The summed E-state index contributed by atoms with van der Waals surface area (Å²) in [5.74, 6) is -1.06. The predicted molar refractivity (Wildman–Crippen MR) is 150 cm³/mol. The van der Waals surface area contributed by atoms with E-state index in [0.29, 0.717) is 17.9 Å². The van der Waals surface area contributed by atoms with Crippen molar-refractivity contribution < 1.29 is 19.2 Å². The molecule has 1 unspecified atom stereocenters. The Hall–Kier alpha value is -4.87. The smallest absolute Gasteiger partial charge is 0.262 e. The number of aromatic amines is 1. The lowest BCUT2D eigenvalue weighted by molar-refractivity contribution is -0.136. The van der Waals surface area contributed by atoms with E-state index < -0.39 is 29.7 Å². The number of aromatic nitrogens is 5. The summed E-state index contributed by atoms with van der Waals surface area (Å²) >= 11 is 0. The monoisotopic (exact) mass is 564 g/mol. The molecule has 5 heterocycles. The molecule has 4 aliphatic rings. The Morgan fingerprint density at radius 3 is 2.60 bits per heavy atom. The molecule has 2 aliphatic carbocycles. The lowest BCUT2D eigenvalue weighted by Crippen LogP contribution is -2.54. The van der Waals surface area contributed by atoms with Crippen LogP contribution in [-0.4, -0.2) is 65.8 Å². The van der Waals surface area contributed by atoms with Crippen LogP contribution in [0.2, 0.25) is 0 Å². The predicted octanol–water partition coefficient (Wildman–Crippen LogP) is 3.16. The molecule has 8 rings (SSSR count). The van der Waals surface area contributed by atoms with Crippen LogP contribution in [0.25, 0.3) is 22.3 Å². The van der Waals surface area contributed by atoms with Gasteiger partial charge in [-0.3, -0.25) is 39.1 Å². The van der Waals surface area contributed by atoms with Crippen molar-refractivity contribution in [3.63, 3.8) is 0 Å². The summed E-state index contributed by atoms with van der Waals surface area (Å²) in [5.41, 5.74) is 6.26. The zero-order valence-corrected chi connectivity index (χ0v) is 22.7. The molecule has 12 heteroatoms. The lowest BCUT2D eigenvalue weighted by Gasteiger charge is -2.35. The highest BCUT2D eigenvalue weighted by Gasteiger charge is 2.44. The van der Waals surface area contributed by atoms with Gasteiger partial charge in [0.2, 0.25) is 11.8 Å². The van der Waals surface area contributed by atoms with Gasteiger partial charge in [0.05, 0.1) is 46.6 Å². The van der Waals surface area contributed by atoms with Crippen molar-refractivity contribution in [3.8, 4) is 11.3 Å². The molecular weight excluding hydrogens is 536 g/mol. The largest absolute Gasteiger partial charge is 0.385 e. The minimum Gasteiger partial charge on any atom is -0.385 e. The van der Waals surface area contributed by atoms with Crippen LogP contribution in [-0.2, 0) is 9.59 Å². The minimum absolute atomic E-state index is 0.0958. The van der Waals surface area contributed by atoms with Crippen LogP contribution in [0.15, 0.2) is 43.0 Å². The van der Waals surface area contributed by atoms with Crippen LogP contribution in [0.3, 0.4) is 0 Å². The quantitative estimate of drug-likeness (QED) is 0.289. The fraction of sp³-hybridized carbons (Fsp3) is 0.367. The van der Waals surface area contributed by atoms with Crippen LogP contribution < -0.4 is 10.6 Å². The Bertz CT molecular complexity index is 1800. The van der Waals surface area contributed by atoms with E-state index in [2.05, 4.69) is 36.5 Å². The van der Waals surface area contributed by atoms with Crippen LogP contribution in [0.4, 0.5) is 5.69 Å². The molecule has 42 heavy (non-hydrogen) atoms. The van der Waals surface area contributed by atoms with E-state index in [9.17, 15) is 19.2 Å². The van der Waals surface area contributed by atoms with Crippen LogP contribution >= 0.6 is 0 Å². The van der Waals surface area contributed by atoms with Gasteiger partial charge in [0, 0.05) is 36.3 Å². The summed E-state index contributed by atoms with van der Waals surface area (Å²) < 4.78 is 2.11. The Labute approximate surface area is 239 Å². The number of hydrogen-bond donors (Lipinski definition) is 3. The molecule has 4 aromatic rings. The Morgan fingerprint density at radius 2 is 1.79 bits per heavy atom. The minimum atomic E-state index is -0.967. The van der Waals surface area contributed by atoms with Crippen molar-refractivity contribution in [2.75, 3.05) is 11.9 Å². The number of carbonyl (C=O) groups excluding carboxylic acids is 4. The summed E-state index contributed by atoms with van der Waals surface area (Å²) in [6, 6.07) is 6.50. The maximum absolute atomic E-state index is 13.1. The summed E-state index contributed by atoms with van der Waals surface area (Å²) in [4.78, 5) is 63.0. The van der Waals surface area contributed by atoms with Gasteiger partial charge >= 0.3 is 0 Å². The molecule has 3 N–H and O–H groups in total. The first-order valence-electron chi connectivity index (χ1n) is 14.4. The van der Waals surface area contributed by atoms with E-state index in [1.807, 2.05) is 6.07 Å². The van der Waals surface area contributed by atoms with Gasteiger partial charge in [0.25, 0.3) is 11.8 Å². The number of benzene rings is 1. The SMILES string of the molecule is O=C1CCC(N2C(=O)c3ccc(NC[C@H]4C[C@H](n5cc(-c6cc7[nH]cnc7cn6)c(C6CC6)n5)C4)cc3C2=O)C(=O)N1. The standard InChI is InChI=1S/C30H28N8O4/c39-26-6-5-25(28(40)35-26)38-29(41)19-4-3-17(9-20(19)30(38)42)31-11-15-7-18(8-15)37-13-21(27(36-37)16-1-2-16)22-10-23-24(12-32-22)34-14-33-23/h3-4,9-10,12-16,18,25,31H,1-2,5-8,11H2,(H,33,34)(H,35,39,40)/t15-,18-,25?. The van der Waals surface area contributed by atoms with Crippen LogP contribution in [0.1, 0.15) is 76.9 Å². The third kappa shape index (κ3) is 4.08. The van der Waals surface area contributed by atoms with Gasteiger partial charge in [-0.15, -0.1) is 0 Å². The molecule has 0 radical (unpaired) electrons. The van der Waals surface area contributed by atoms with Crippen molar-refractivity contribution in [1.29, 1.82) is 0 Å². The van der Waals surface area contributed by atoms with Gasteiger partial charge in [-0.05, 0) is 62.3 Å². The fourth-order valence-electron chi connectivity index (χ4n) is 6.36. The number of piperidine rings is 1. The van der Waals surface area contributed by atoms with Gasteiger partial charge in [0.1, 0.15) is 11.6 Å². The highest BCUT2D eigenvalue weighted by atomic mass is 16.2. The zero-order chi connectivity index (χ0) is 28.5. The third-order valence-electron chi connectivity index (χ3n) is 8.93. The average Bonchev–Trinajstić information content (AvgIpc) is 3.44. The van der Waals surface area contributed by atoms with E-state index >= 15 is 0 Å². The molecular formula is C30H28N8O4. The molecule has 212 valence electrons. The number of nitrogens with zero attached hydrogens (tertiary/aromatic N) is 5. The topological polar surface area (TPSA) is 155 Å². The third-order valence-corrected chi connectivity index (χ3v) is 8.93. The number of nitrogens with one attached hydrogen (secondary N) is 3. The average molecular weight is 565 g/mol. The molecule has 2 saturated carbocycles. The maximum Gasteiger partial charge on any atom is 0.262 e. The molecule has 1 aromatic carbocycles. The van der Waals surface area contributed by atoms with E-state index in [1.54, 1.807) is 30.7 Å². The second kappa shape index (κ2) is 9.33. The van der Waals surface area contributed by atoms with Crippen molar-refractivity contribution in [1.82, 2.24) is 34.9 Å². The Morgan fingerprint density at radius 1 is 0.952 bits per heavy atom. The zero-order valence-electron chi connectivity index (χ0n) is 22.7. The van der Waals surface area contributed by atoms with Crippen LogP contribution in [0.5, 0.6) is 0 Å². The fourth-order valence-corrected chi connectivity index (χ4v) is 6.36. The van der Waals surface area contributed by atoms with Crippen molar-refractivity contribution >= 4 is 40.3 Å². The first-order chi connectivity index (χ1) is 20.4. The molecule has 0 spiro atoms. The first-order valence-corrected chi connectivity index (χ1v) is 14.4. The van der Waals surface area contributed by atoms with E-state index in [4.69, 9.17) is 5.10 Å². The molecule has 4 amide bonds. The molecule has 3 fully saturated rings. The number of anilines is 1. The van der Waals surface area contributed by atoms with Gasteiger partial charge in [-0.25, -0.2) is 4.98 Å². The number of fused-ring (bicyclic) bond motifs is 2. The number of H-pyrrole nitrogens is 1. The number of carbonyl (C=O) groups is 4. The van der Waals surface area contributed by atoms with Crippen molar-refractivity contribution in [2.45, 2.75) is 56.5 Å². The van der Waals surface area contributed by atoms with E-state index in [-0.39, 0.29) is 24.0 Å². The van der Waals surface area contributed by atoms with Crippen LogP contribution in [0, 0.1) is 5.92 Å². The van der Waals surface area contributed by atoms with Gasteiger partial charge < -0.3 is 10.3 Å². The Kier molecular flexibility index (Phi) is 5.53. The second-order valence-electron chi connectivity index (χ2n) is 11.8. The summed E-state index contributed by atoms with van der Waals surface area (Å²) in [7, 11) is 0.